The lowest BCUT2D eigenvalue weighted by Gasteiger charge is -2.27. The Labute approximate surface area is 183 Å². The quantitative estimate of drug-likeness (QED) is 0.518. The van der Waals surface area contributed by atoms with Gasteiger partial charge in [-0.2, -0.15) is 0 Å². The normalized spacial score (nSPS) is 24.3. The van der Waals surface area contributed by atoms with E-state index in [1.807, 2.05) is 42.7 Å². The van der Waals surface area contributed by atoms with E-state index < -0.39 is 5.92 Å². The molecule has 0 bridgehead atoms. The first-order valence-corrected chi connectivity index (χ1v) is 11.1. The van der Waals surface area contributed by atoms with Crippen molar-refractivity contribution in [1.82, 2.24) is 0 Å². The molecule has 3 unspecified atom stereocenters. The number of carbonyl (C=O) groups excluding carboxylic acids is 1. The van der Waals surface area contributed by atoms with Crippen LogP contribution in [-0.2, 0) is 0 Å². The Morgan fingerprint density at radius 3 is 2.52 bits per heavy atom. The maximum atomic E-state index is 13.9. The predicted octanol–water partition coefficient (Wildman–Crippen LogP) is 6.21. The number of Topliss-reactive ketones (excluding diaryl/α,β-unsaturated/α-hetero) is 1. The molecular weight excluding hydrogens is 380 g/mol. The highest BCUT2D eigenvalue weighted by Gasteiger charge is 2.40. The van der Waals surface area contributed by atoms with Gasteiger partial charge in [-0.3, -0.25) is 14.8 Å². The zero-order valence-electron chi connectivity index (χ0n) is 18.0. The molecule has 0 saturated carbocycles. The van der Waals surface area contributed by atoms with Crippen molar-refractivity contribution in [2.45, 2.75) is 26.7 Å². The molecule has 3 heteroatoms. The number of benzene rings is 1. The number of nitrogens with zero attached hydrogens (tertiary/aromatic N) is 2. The van der Waals surface area contributed by atoms with Crippen LogP contribution in [0.25, 0.3) is 0 Å². The third-order valence-corrected chi connectivity index (χ3v) is 6.61. The molecule has 2 aliphatic heterocycles. The number of ketones is 1. The van der Waals surface area contributed by atoms with E-state index in [9.17, 15) is 4.79 Å². The average Bonchev–Trinajstić information content (AvgIpc) is 3.45. The first kappa shape index (κ1) is 19.6. The summed E-state index contributed by atoms with van der Waals surface area (Å²) >= 11 is 0. The van der Waals surface area contributed by atoms with Gasteiger partial charge in [0.05, 0.1) is 17.3 Å². The standard InChI is InChI=1S/C28H26N2O/c1-3-18-12-8-14-21-23(16-29-26(18)21)25(28(31)20-10-6-5-7-11-20)24-17-30-27-19(4-2)13-9-15-22(24)27/h5-18,22,25H,3-4H2,1-2H3. The summed E-state index contributed by atoms with van der Waals surface area (Å²) in [4.78, 5) is 23.5. The maximum absolute atomic E-state index is 13.9. The minimum Gasteiger partial charge on any atom is -0.293 e. The lowest BCUT2D eigenvalue weighted by Crippen LogP contribution is -2.28. The minimum absolute atomic E-state index is 0.0456. The van der Waals surface area contributed by atoms with Crippen LogP contribution in [0.3, 0.4) is 0 Å². The van der Waals surface area contributed by atoms with Gasteiger partial charge in [0.2, 0.25) is 0 Å². The first-order chi connectivity index (χ1) is 15.2. The summed E-state index contributed by atoms with van der Waals surface area (Å²) in [6.45, 7) is 4.33. The van der Waals surface area contributed by atoms with Crippen LogP contribution < -0.4 is 0 Å². The maximum Gasteiger partial charge on any atom is 0.174 e. The first-order valence-electron chi connectivity index (χ1n) is 11.1. The Morgan fingerprint density at radius 2 is 1.74 bits per heavy atom. The third kappa shape index (κ3) is 3.25. The molecule has 4 aliphatic rings. The van der Waals surface area contributed by atoms with Crippen molar-refractivity contribution < 1.29 is 4.79 Å². The van der Waals surface area contributed by atoms with Crippen LogP contribution in [0.1, 0.15) is 37.0 Å². The van der Waals surface area contributed by atoms with E-state index in [1.54, 1.807) is 0 Å². The van der Waals surface area contributed by atoms with Crippen LogP contribution in [0, 0.1) is 17.8 Å². The van der Waals surface area contributed by atoms with Crippen molar-refractivity contribution in [3.63, 3.8) is 0 Å². The molecule has 31 heavy (non-hydrogen) atoms. The molecule has 3 nitrogen and oxygen atoms in total. The van der Waals surface area contributed by atoms with Crippen LogP contribution >= 0.6 is 0 Å². The van der Waals surface area contributed by atoms with Gasteiger partial charge in [0.25, 0.3) is 0 Å². The van der Waals surface area contributed by atoms with Crippen molar-refractivity contribution in [2.75, 3.05) is 0 Å². The van der Waals surface area contributed by atoms with Crippen molar-refractivity contribution in [2.24, 2.45) is 27.7 Å². The highest BCUT2D eigenvalue weighted by molar-refractivity contribution is 6.14. The number of rotatable bonds is 6. The molecule has 0 fully saturated rings. The summed E-state index contributed by atoms with van der Waals surface area (Å²) in [6, 6.07) is 9.60. The van der Waals surface area contributed by atoms with E-state index in [0.29, 0.717) is 5.92 Å². The summed E-state index contributed by atoms with van der Waals surface area (Å²) in [5, 5.41) is 0. The summed E-state index contributed by atoms with van der Waals surface area (Å²) in [5.74, 6) is 0.0561. The van der Waals surface area contributed by atoms with Crippen LogP contribution in [0.4, 0.5) is 0 Å². The van der Waals surface area contributed by atoms with Gasteiger partial charge in [0.15, 0.2) is 5.78 Å². The second-order valence-corrected chi connectivity index (χ2v) is 8.29. The fourth-order valence-electron chi connectivity index (χ4n) is 4.95. The molecule has 2 heterocycles. The van der Waals surface area contributed by atoms with Crippen LogP contribution in [0.15, 0.2) is 111 Å². The van der Waals surface area contributed by atoms with Crippen molar-refractivity contribution in [3.05, 3.63) is 107 Å². The third-order valence-electron chi connectivity index (χ3n) is 6.61. The topological polar surface area (TPSA) is 41.8 Å². The average molecular weight is 407 g/mol. The molecule has 0 saturated heterocycles. The second-order valence-electron chi connectivity index (χ2n) is 8.29. The summed E-state index contributed by atoms with van der Waals surface area (Å²) in [7, 11) is 0. The number of carbonyl (C=O) groups is 1. The predicted molar refractivity (Wildman–Crippen MR) is 127 cm³/mol. The van der Waals surface area contributed by atoms with Crippen molar-refractivity contribution in [3.8, 4) is 0 Å². The van der Waals surface area contributed by atoms with E-state index >= 15 is 0 Å². The fraction of sp³-hybridized carbons (Fsp3) is 0.250. The van der Waals surface area contributed by atoms with E-state index in [0.717, 1.165) is 46.5 Å². The number of fused-ring (bicyclic) bond motifs is 2. The molecule has 0 radical (unpaired) electrons. The van der Waals surface area contributed by atoms with E-state index in [1.165, 1.54) is 5.57 Å². The summed E-state index contributed by atoms with van der Waals surface area (Å²) in [6.07, 6.45) is 18.6. The van der Waals surface area contributed by atoms with Crippen LogP contribution in [0.5, 0.6) is 0 Å². The number of aliphatic imine (C=N–C) groups is 2. The van der Waals surface area contributed by atoms with E-state index in [2.05, 4.69) is 50.3 Å². The van der Waals surface area contributed by atoms with E-state index in [-0.39, 0.29) is 11.7 Å². The van der Waals surface area contributed by atoms with Gasteiger partial charge in [-0.15, -0.1) is 0 Å². The van der Waals surface area contributed by atoms with Gasteiger partial charge in [0.1, 0.15) is 0 Å². The molecular formula is C28H26N2O. The molecule has 1 aromatic carbocycles. The molecule has 0 spiro atoms. The van der Waals surface area contributed by atoms with Crippen LogP contribution in [-0.4, -0.2) is 17.2 Å². The SMILES string of the molecule is CCC1=CC=CC2C(C(C(=O)c3ccccc3)C3=CN=C4C3=CC=CC4CC)=CN=C12. The van der Waals surface area contributed by atoms with Gasteiger partial charge >= 0.3 is 0 Å². The zero-order chi connectivity index (χ0) is 21.4. The van der Waals surface area contributed by atoms with E-state index in [4.69, 9.17) is 9.98 Å². The molecule has 5 rings (SSSR count). The van der Waals surface area contributed by atoms with Gasteiger partial charge in [-0.1, -0.05) is 80.6 Å². The number of allylic oxidation sites excluding steroid dienone is 10. The van der Waals surface area contributed by atoms with Gasteiger partial charge in [-0.25, -0.2) is 0 Å². The zero-order valence-corrected chi connectivity index (χ0v) is 18.0. The van der Waals surface area contributed by atoms with Crippen molar-refractivity contribution in [1.29, 1.82) is 0 Å². The lowest BCUT2D eigenvalue weighted by molar-refractivity contribution is 0.0955. The molecule has 0 aromatic heterocycles. The van der Waals surface area contributed by atoms with Gasteiger partial charge in [-0.05, 0) is 29.6 Å². The second kappa shape index (κ2) is 8.07. The molecule has 1 aromatic rings. The Bertz CT molecular complexity index is 1170. The van der Waals surface area contributed by atoms with Crippen LogP contribution in [0.2, 0.25) is 0 Å². The highest BCUT2D eigenvalue weighted by Crippen LogP contribution is 2.43. The Balaban J connectivity index is 1.56. The minimum atomic E-state index is -0.397. The number of hydrogen-bond donors (Lipinski definition) is 0. The van der Waals surface area contributed by atoms with Gasteiger partial charge in [0, 0.05) is 35.4 Å². The Hall–Kier alpha value is -3.33. The molecule has 3 atom stereocenters. The Morgan fingerprint density at radius 1 is 0.968 bits per heavy atom. The molecule has 0 amide bonds. The molecule has 154 valence electrons. The summed E-state index contributed by atoms with van der Waals surface area (Å²) < 4.78 is 0. The summed E-state index contributed by atoms with van der Waals surface area (Å²) in [5.41, 5.74) is 7.27. The number of hydrogen-bond acceptors (Lipinski definition) is 3. The lowest BCUT2D eigenvalue weighted by atomic mass is 9.73. The largest absolute Gasteiger partial charge is 0.293 e. The van der Waals surface area contributed by atoms with Gasteiger partial charge < -0.3 is 0 Å². The fourth-order valence-corrected chi connectivity index (χ4v) is 4.95. The Kier molecular flexibility index (Phi) is 5.11. The smallest absolute Gasteiger partial charge is 0.174 e. The monoisotopic (exact) mass is 406 g/mol. The molecule has 0 N–H and O–H groups in total. The van der Waals surface area contributed by atoms with Crippen molar-refractivity contribution >= 4 is 17.2 Å². The molecule has 2 aliphatic carbocycles. The highest BCUT2D eigenvalue weighted by atomic mass is 16.1.